The van der Waals surface area contributed by atoms with E-state index in [1.54, 1.807) is 6.07 Å². The number of carboxylic acids is 1. The molecule has 0 radical (unpaired) electrons. The Morgan fingerprint density at radius 1 is 1.48 bits per heavy atom. The van der Waals surface area contributed by atoms with Crippen molar-refractivity contribution in [3.63, 3.8) is 0 Å². The first-order valence-electron chi connectivity index (χ1n) is 5.75. The number of carbonyl (C=O) groups excluding carboxylic acids is 1. The minimum absolute atomic E-state index is 0.0577. The number of aromatic carboxylic acids is 1. The van der Waals surface area contributed by atoms with Crippen LogP contribution in [0.1, 0.15) is 22.3 Å². The van der Waals surface area contributed by atoms with Crippen LogP contribution in [0.2, 0.25) is 0 Å². The van der Waals surface area contributed by atoms with Crippen molar-refractivity contribution in [2.75, 3.05) is 11.4 Å². The summed E-state index contributed by atoms with van der Waals surface area (Å²) < 4.78 is 34.7. The van der Waals surface area contributed by atoms with Gasteiger partial charge in [-0.1, -0.05) is 0 Å². The lowest BCUT2D eigenvalue weighted by atomic mass is 10.1. The van der Waals surface area contributed by atoms with E-state index in [0.717, 1.165) is 11.0 Å². The Hall–Kier alpha value is -2.47. The second-order valence-corrected chi connectivity index (χ2v) is 6.07. The van der Waals surface area contributed by atoms with E-state index >= 15 is 0 Å². The molecule has 1 heterocycles. The molecule has 7 nitrogen and oxygen atoms in total. The van der Waals surface area contributed by atoms with Gasteiger partial charge in [0.1, 0.15) is 5.25 Å². The molecular weight excluding hydrogens is 303 g/mol. The summed E-state index contributed by atoms with van der Waals surface area (Å²) in [6.07, 6.45) is -0.544. The van der Waals surface area contributed by atoms with Gasteiger partial charge in [0.05, 0.1) is 22.9 Å². The molecule has 0 bridgehead atoms. The second kappa shape index (κ2) is 5.14. The van der Waals surface area contributed by atoms with Crippen LogP contribution in [0.15, 0.2) is 18.2 Å². The molecule has 0 spiro atoms. The summed E-state index contributed by atoms with van der Waals surface area (Å²) in [5, 5.41) is 16.4. The normalized spacial score (nSPS) is 18.6. The van der Waals surface area contributed by atoms with Crippen molar-refractivity contribution in [2.45, 2.75) is 11.7 Å². The number of nitrogens with zero attached hydrogens (tertiary/aromatic N) is 2. The number of nitriles is 1. The Kier molecular flexibility index (Phi) is 3.65. The van der Waals surface area contributed by atoms with Crippen LogP contribution in [0.3, 0.4) is 0 Å². The zero-order valence-corrected chi connectivity index (χ0v) is 11.3. The molecule has 1 aromatic rings. The Balaban J connectivity index is 2.46. The number of benzene rings is 1. The molecule has 1 fully saturated rings. The number of halogens is 1. The number of carboxylic acid groups (broad SMARTS) is 1. The highest BCUT2D eigenvalue weighted by molar-refractivity contribution is 7.87. The van der Waals surface area contributed by atoms with Gasteiger partial charge in [0.2, 0.25) is 5.91 Å². The van der Waals surface area contributed by atoms with Crippen molar-refractivity contribution in [2.24, 2.45) is 0 Å². The molecule has 0 aliphatic carbocycles. The van der Waals surface area contributed by atoms with E-state index in [4.69, 9.17) is 10.4 Å². The van der Waals surface area contributed by atoms with E-state index in [2.05, 4.69) is 0 Å². The smallest absolute Gasteiger partial charge is 0.337 e. The highest BCUT2D eigenvalue weighted by Crippen LogP contribution is 2.29. The van der Waals surface area contributed by atoms with Gasteiger partial charge in [0, 0.05) is 13.0 Å². The molecule has 1 aromatic carbocycles. The summed E-state index contributed by atoms with van der Waals surface area (Å²) in [7, 11) is -4.88. The summed E-state index contributed by atoms with van der Waals surface area (Å²) in [6.45, 7) is -0.455. The van der Waals surface area contributed by atoms with E-state index in [-0.39, 0.29) is 16.8 Å². The van der Waals surface area contributed by atoms with Crippen molar-refractivity contribution < 1.29 is 27.0 Å². The highest BCUT2D eigenvalue weighted by Gasteiger charge is 2.40. The molecule has 2 rings (SSSR count). The number of hydrogen-bond acceptors (Lipinski definition) is 5. The fourth-order valence-electron chi connectivity index (χ4n) is 2.11. The molecule has 1 amide bonds. The van der Waals surface area contributed by atoms with Gasteiger partial charge in [-0.05, 0) is 18.2 Å². The van der Waals surface area contributed by atoms with Crippen LogP contribution in [0, 0.1) is 11.3 Å². The zero-order valence-electron chi connectivity index (χ0n) is 10.5. The van der Waals surface area contributed by atoms with Crippen molar-refractivity contribution in [3.05, 3.63) is 29.3 Å². The summed E-state index contributed by atoms with van der Waals surface area (Å²) in [6, 6.07) is 5.36. The third-order valence-corrected chi connectivity index (χ3v) is 4.25. The van der Waals surface area contributed by atoms with Crippen LogP contribution in [0.4, 0.5) is 9.57 Å². The van der Waals surface area contributed by atoms with Gasteiger partial charge in [-0.25, -0.2) is 4.79 Å². The third kappa shape index (κ3) is 2.85. The predicted octanol–water partition coefficient (Wildman–Crippen LogP) is 0.661. The Labute approximate surface area is 119 Å². The molecule has 1 N–H and O–H groups in total. The Morgan fingerprint density at radius 2 is 2.14 bits per heavy atom. The van der Waals surface area contributed by atoms with E-state index in [1.807, 2.05) is 0 Å². The monoisotopic (exact) mass is 312 g/mol. The van der Waals surface area contributed by atoms with Gasteiger partial charge in [0.25, 0.3) is 0 Å². The second-order valence-electron chi connectivity index (χ2n) is 4.45. The Morgan fingerprint density at radius 3 is 2.62 bits per heavy atom. The maximum absolute atomic E-state index is 13.0. The van der Waals surface area contributed by atoms with Gasteiger partial charge in [-0.2, -0.15) is 13.7 Å². The number of hydrogen-bond donors (Lipinski definition) is 1. The standard InChI is InChI=1S/C12H9FN2O5S/c13-21(19,20)8-4-11(16)15(6-8)10-2-1-7(5-14)3-9(10)12(17)18/h1-3,8H,4,6H2,(H,17,18). The van der Waals surface area contributed by atoms with Crippen LogP contribution in [-0.4, -0.2) is 37.2 Å². The summed E-state index contributed by atoms with van der Waals surface area (Å²) in [4.78, 5) is 23.9. The Bertz CT molecular complexity index is 768. The molecule has 1 saturated heterocycles. The summed E-state index contributed by atoms with van der Waals surface area (Å²) in [5.41, 5.74) is -0.297. The molecule has 9 heteroatoms. The first-order chi connectivity index (χ1) is 9.74. The maximum atomic E-state index is 13.0. The lowest BCUT2D eigenvalue weighted by molar-refractivity contribution is -0.117. The molecular formula is C12H9FN2O5S. The SMILES string of the molecule is N#Cc1ccc(N2CC(S(=O)(=O)F)CC2=O)c(C(=O)O)c1. The largest absolute Gasteiger partial charge is 0.478 e. The van der Waals surface area contributed by atoms with Crippen LogP contribution >= 0.6 is 0 Å². The van der Waals surface area contributed by atoms with Gasteiger partial charge in [-0.3, -0.25) is 4.79 Å². The van der Waals surface area contributed by atoms with E-state index in [0.29, 0.717) is 0 Å². The van der Waals surface area contributed by atoms with E-state index in [9.17, 15) is 21.9 Å². The zero-order chi connectivity index (χ0) is 15.8. The first-order valence-corrected chi connectivity index (χ1v) is 7.20. The predicted molar refractivity (Wildman–Crippen MR) is 68.9 cm³/mol. The number of anilines is 1. The fourth-order valence-corrected chi connectivity index (χ4v) is 2.78. The van der Waals surface area contributed by atoms with Crippen LogP contribution < -0.4 is 4.90 Å². The van der Waals surface area contributed by atoms with Crippen molar-refractivity contribution >= 4 is 27.8 Å². The van der Waals surface area contributed by atoms with Crippen molar-refractivity contribution in [1.82, 2.24) is 0 Å². The average molecular weight is 312 g/mol. The number of rotatable bonds is 3. The molecule has 1 atom stereocenters. The quantitative estimate of drug-likeness (QED) is 0.820. The molecule has 21 heavy (non-hydrogen) atoms. The fraction of sp³-hybridized carbons (Fsp3) is 0.250. The van der Waals surface area contributed by atoms with E-state index < -0.39 is 40.3 Å². The van der Waals surface area contributed by atoms with Crippen LogP contribution in [0.25, 0.3) is 0 Å². The van der Waals surface area contributed by atoms with Gasteiger partial charge >= 0.3 is 16.2 Å². The van der Waals surface area contributed by atoms with Crippen LogP contribution in [-0.2, 0) is 15.0 Å². The minimum Gasteiger partial charge on any atom is -0.478 e. The van der Waals surface area contributed by atoms with Crippen molar-refractivity contribution in [1.29, 1.82) is 5.26 Å². The average Bonchev–Trinajstić information content (AvgIpc) is 2.80. The molecule has 1 unspecified atom stereocenters. The first kappa shape index (κ1) is 14.9. The minimum atomic E-state index is -4.88. The maximum Gasteiger partial charge on any atom is 0.337 e. The molecule has 1 aliphatic heterocycles. The third-order valence-electron chi connectivity index (χ3n) is 3.13. The lowest BCUT2D eigenvalue weighted by Crippen LogP contribution is -2.28. The summed E-state index contributed by atoms with van der Waals surface area (Å²) >= 11 is 0. The molecule has 0 saturated carbocycles. The number of carbonyl (C=O) groups is 2. The van der Waals surface area contributed by atoms with Crippen molar-refractivity contribution in [3.8, 4) is 6.07 Å². The van der Waals surface area contributed by atoms with Gasteiger partial charge < -0.3 is 10.0 Å². The molecule has 0 aromatic heterocycles. The number of amides is 1. The molecule has 1 aliphatic rings. The van der Waals surface area contributed by atoms with Gasteiger partial charge in [0.15, 0.2) is 0 Å². The van der Waals surface area contributed by atoms with Crippen LogP contribution in [0.5, 0.6) is 0 Å². The lowest BCUT2D eigenvalue weighted by Gasteiger charge is -2.18. The summed E-state index contributed by atoms with van der Waals surface area (Å²) in [5.74, 6) is -2.06. The van der Waals surface area contributed by atoms with Gasteiger partial charge in [-0.15, -0.1) is 3.89 Å². The topological polar surface area (TPSA) is 116 Å². The highest BCUT2D eigenvalue weighted by atomic mass is 32.3. The molecule has 110 valence electrons. The van der Waals surface area contributed by atoms with E-state index in [1.165, 1.54) is 12.1 Å².